The zero-order chi connectivity index (χ0) is 17.9. The summed E-state index contributed by atoms with van der Waals surface area (Å²) in [6.07, 6.45) is 3.61. The molecule has 2 aliphatic carbocycles. The lowest BCUT2D eigenvalue weighted by Gasteiger charge is -2.60. The first-order valence-electron chi connectivity index (χ1n) is 9.42. The first kappa shape index (κ1) is 17.4. The first-order chi connectivity index (χ1) is 12.7. The molecule has 2 fully saturated rings. The maximum Gasteiger partial charge on any atom is 0.134 e. The van der Waals surface area contributed by atoms with Gasteiger partial charge in [0.15, 0.2) is 0 Å². The molecule has 3 nitrogen and oxygen atoms in total. The van der Waals surface area contributed by atoms with Crippen molar-refractivity contribution in [2.75, 3.05) is 13.2 Å². The third-order valence-corrected chi connectivity index (χ3v) is 5.68. The van der Waals surface area contributed by atoms with Crippen LogP contribution in [0.2, 0.25) is 0 Å². The highest BCUT2D eigenvalue weighted by Crippen LogP contribution is 2.63. The van der Waals surface area contributed by atoms with Gasteiger partial charge >= 0.3 is 0 Å². The van der Waals surface area contributed by atoms with Gasteiger partial charge in [0.05, 0.1) is 26.4 Å². The normalized spacial score (nSPS) is 19.8. The maximum atomic E-state index is 11.5. The molecular formula is C23H26O3. The van der Waals surface area contributed by atoms with E-state index in [0.29, 0.717) is 32.2 Å². The van der Waals surface area contributed by atoms with Gasteiger partial charge in [-0.25, -0.2) is 0 Å². The average Bonchev–Trinajstić information content (AvgIpc) is 2.61. The van der Waals surface area contributed by atoms with E-state index in [1.54, 1.807) is 0 Å². The standard InChI is InChI=1S/C23H26O3/c24-21-11-22(12-21)15-23(16-22,17-25-13-19-7-3-1-4-8-19)18-26-14-20-9-5-2-6-10-20/h1-10H,11-18H2. The summed E-state index contributed by atoms with van der Waals surface area (Å²) >= 11 is 0. The van der Waals surface area contributed by atoms with E-state index in [2.05, 4.69) is 24.3 Å². The van der Waals surface area contributed by atoms with Crippen LogP contribution in [-0.2, 0) is 27.5 Å². The Morgan fingerprint density at radius 3 is 1.62 bits per heavy atom. The molecule has 2 aromatic carbocycles. The van der Waals surface area contributed by atoms with E-state index in [9.17, 15) is 4.79 Å². The molecule has 2 aromatic rings. The SMILES string of the molecule is O=C1CC2(C1)CC(COCc1ccccc1)(COCc1ccccc1)C2. The van der Waals surface area contributed by atoms with E-state index < -0.39 is 0 Å². The summed E-state index contributed by atoms with van der Waals surface area (Å²) in [6.45, 7) is 2.67. The van der Waals surface area contributed by atoms with E-state index in [0.717, 1.165) is 25.7 Å². The van der Waals surface area contributed by atoms with Gasteiger partial charge in [0, 0.05) is 18.3 Å². The number of hydrogen-bond donors (Lipinski definition) is 0. The van der Waals surface area contributed by atoms with Gasteiger partial charge in [-0.3, -0.25) is 4.79 Å². The fourth-order valence-electron chi connectivity index (χ4n) is 4.74. The second-order valence-electron chi connectivity index (χ2n) is 8.20. The molecule has 0 radical (unpaired) electrons. The topological polar surface area (TPSA) is 35.5 Å². The molecule has 26 heavy (non-hydrogen) atoms. The number of hydrogen-bond acceptors (Lipinski definition) is 3. The van der Waals surface area contributed by atoms with E-state index in [1.807, 2.05) is 36.4 Å². The number of benzene rings is 2. The smallest absolute Gasteiger partial charge is 0.134 e. The zero-order valence-electron chi connectivity index (χ0n) is 15.2. The second-order valence-corrected chi connectivity index (χ2v) is 8.20. The van der Waals surface area contributed by atoms with Crippen molar-refractivity contribution in [1.82, 2.24) is 0 Å². The van der Waals surface area contributed by atoms with Crippen molar-refractivity contribution < 1.29 is 14.3 Å². The summed E-state index contributed by atoms with van der Waals surface area (Å²) in [5, 5.41) is 0. The Morgan fingerprint density at radius 2 is 1.19 bits per heavy atom. The van der Waals surface area contributed by atoms with Crippen molar-refractivity contribution >= 4 is 5.78 Å². The highest BCUT2D eigenvalue weighted by Gasteiger charge is 2.60. The predicted octanol–water partition coefficient (Wildman–Crippen LogP) is 4.55. The highest BCUT2D eigenvalue weighted by molar-refractivity contribution is 5.86. The molecule has 3 heteroatoms. The van der Waals surface area contributed by atoms with Gasteiger partial charge in [0.25, 0.3) is 0 Å². The molecular weight excluding hydrogens is 324 g/mol. The van der Waals surface area contributed by atoms with Crippen molar-refractivity contribution in [3.63, 3.8) is 0 Å². The van der Waals surface area contributed by atoms with Crippen molar-refractivity contribution in [2.45, 2.75) is 38.9 Å². The van der Waals surface area contributed by atoms with Crippen LogP contribution in [0.4, 0.5) is 0 Å². The Hall–Kier alpha value is -1.97. The van der Waals surface area contributed by atoms with Gasteiger partial charge in [-0.2, -0.15) is 0 Å². The van der Waals surface area contributed by atoms with E-state index in [1.165, 1.54) is 11.1 Å². The Labute approximate surface area is 155 Å². The number of carbonyl (C=O) groups is 1. The lowest BCUT2D eigenvalue weighted by molar-refractivity contribution is -0.177. The molecule has 0 unspecified atom stereocenters. The van der Waals surface area contributed by atoms with Gasteiger partial charge in [-0.15, -0.1) is 0 Å². The third kappa shape index (κ3) is 3.89. The Morgan fingerprint density at radius 1 is 0.731 bits per heavy atom. The monoisotopic (exact) mass is 350 g/mol. The van der Waals surface area contributed by atoms with Crippen LogP contribution in [0.25, 0.3) is 0 Å². The summed E-state index contributed by atoms with van der Waals surface area (Å²) in [4.78, 5) is 11.5. The molecule has 0 saturated heterocycles. The summed E-state index contributed by atoms with van der Waals surface area (Å²) in [6, 6.07) is 20.5. The lowest BCUT2D eigenvalue weighted by Crippen LogP contribution is -2.57. The fourth-order valence-corrected chi connectivity index (χ4v) is 4.74. The van der Waals surface area contributed by atoms with Crippen molar-refractivity contribution in [3.8, 4) is 0 Å². The van der Waals surface area contributed by atoms with E-state index in [4.69, 9.17) is 9.47 Å². The zero-order valence-corrected chi connectivity index (χ0v) is 15.2. The van der Waals surface area contributed by atoms with Crippen molar-refractivity contribution in [2.24, 2.45) is 10.8 Å². The van der Waals surface area contributed by atoms with Crippen molar-refractivity contribution in [1.29, 1.82) is 0 Å². The minimum Gasteiger partial charge on any atom is -0.376 e. The molecule has 0 atom stereocenters. The van der Waals surface area contributed by atoms with Gasteiger partial charge in [-0.05, 0) is 29.4 Å². The summed E-state index contributed by atoms with van der Waals surface area (Å²) in [5.41, 5.74) is 2.70. The van der Waals surface area contributed by atoms with Gasteiger partial charge < -0.3 is 9.47 Å². The summed E-state index contributed by atoms with van der Waals surface area (Å²) in [7, 11) is 0. The molecule has 0 N–H and O–H groups in total. The molecule has 4 rings (SSSR count). The van der Waals surface area contributed by atoms with Crippen LogP contribution < -0.4 is 0 Å². The number of ketones is 1. The van der Waals surface area contributed by atoms with Crippen molar-refractivity contribution in [3.05, 3.63) is 71.8 Å². The summed E-state index contributed by atoms with van der Waals surface area (Å²) < 4.78 is 12.1. The Balaban J connectivity index is 1.31. The number of carbonyl (C=O) groups excluding carboxylic acids is 1. The predicted molar refractivity (Wildman–Crippen MR) is 101 cm³/mol. The van der Waals surface area contributed by atoms with Crippen LogP contribution in [0.15, 0.2) is 60.7 Å². The minimum absolute atomic E-state index is 0.0598. The van der Waals surface area contributed by atoms with E-state index in [-0.39, 0.29) is 10.8 Å². The summed E-state index contributed by atoms with van der Waals surface area (Å²) in [5.74, 6) is 0.411. The average molecular weight is 350 g/mol. The maximum absolute atomic E-state index is 11.5. The molecule has 2 aliphatic rings. The quantitative estimate of drug-likeness (QED) is 0.701. The molecule has 136 valence electrons. The number of Topliss-reactive ketones (excluding diaryl/α,β-unsaturated/α-hetero) is 1. The molecule has 0 aromatic heterocycles. The molecule has 0 heterocycles. The van der Waals surface area contributed by atoms with Crippen LogP contribution in [-0.4, -0.2) is 19.0 Å². The van der Waals surface area contributed by atoms with Crippen LogP contribution >= 0.6 is 0 Å². The molecule has 2 saturated carbocycles. The Kier molecular flexibility index (Phi) is 4.92. The largest absolute Gasteiger partial charge is 0.376 e. The number of rotatable bonds is 8. The van der Waals surface area contributed by atoms with Crippen LogP contribution in [0.3, 0.4) is 0 Å². The van der Waals surface area contributed by atoms with Gasteiger partial charge in [0.1, 0.15) is 5.78 Å². The third-order valence-electron chi connectivity index (χ3n) is 5.68. The molecule has 0 bridgehead atoms. The van der Waals surface area contributed by atoms with Crippen LogP contribution in [0.5, 0.6) is 0 Å². The highest BCUT2D eigenvalue weighted by atomic mass is 16.5. The minimum atomic E-state index is 0.0598. The molecule has 0 aliphatic heterocycles. The number of ether oxygens (including phenoxy) is 2. The van der Waals surface area contributed by atoms with E-state index >= 15 is 0 Å². The fraction of sp³-hybridized carbons (Fsp3) is 0.435. The van der Waals surface area contributed by atoms with Gasteiger partial charge in [0.2, 0.25) is 0 Å². The first-order valence-corrected chi connectivity index (χ1v) is 9.42. The van der Waals surface area contributed by atoms with Gasteiger partial charge in [-0.1, -0.05) is 60.7 Å². The van der Waals surface area contributed by atoms with Crippen LogP contribution in [0, 0.1) is 10.8 Å². The van der Waals surface area contributed by atoms with Crippen LogP contribution in [0.1, 0.15) is 36.8 Å². The molecule has 1 spiro atoms. The second kappa shape index (κ2) is 7.34. The lowest BCUT2D eigenvalue weighted by atomic mass is 9.45. The Bertz CT molecular complexity index is 675. The molecule has 0 amide bonds.